The molecule has 2 aromatic rings. The summed E-state index contributed by atoms with van der Waals surface area (Å²) >= 11 is 0. The van der Waals surface area contributed by atoms with E-state index in [4.69, 9.17) is 0 Å². The van der Waals surface area contributed by atoms with Crippen molar-refractivity contribution >= 4 is 5.57 Å². The van der Waals surface area contributed by atoms with Crippen molar-refractivity contribution in [1.82, 2.24) is 0 Å². The first kappa shape index (κ1) is 11.1. The Hall–Kier alpha value is -2.42. The molecule has 0 unspecified atom stereocenters. The lowest BCUT2D eigenvalue weighted by Gasteiger charge is -2.09. The Bertz CT molecular complexity index is 553. The van der Waals surface area contributed by atoms with E-state index in [0.717, 1.165) is 0 Å². The number of benzene rings is 2. The molecule has 86 valence electrons. The number of para-hydroxylation sites is 1. The van der Waals surface area contributed by atoms with Gasteiger partial charge in [0, 0.05) is 11.6 Å². The molecule has 17 heavy (non-hydrogen) atoms. The molecule has 0 saturated heterocycles. The van der Waals surface area contributed by atoms with Crippen molar-refractivity contribution in [3.05, 3.63) is 60.2 Å². The molecule has 0 aromatic heterocycles. The number of rotatable bonds is 2. The van der Waals surface area contributed by atoms with Crippen molar-refractivity contribution in [2.75, 3.05) is 0 Å². The highest BCUT2D eigenvalue weighted by molar-refractivity contribution is 5.82. The van der Waals surface area contributed by atoms with Crippen LogP contribution >= 0.6 is 0 Å². The summed E-state index contributed by atoms with van der Waals surface area (Å²) in [4.78, 5) is 0. The van der Waals surface area contributed by atoms with E-state index in [1.807, 2.05) is 0 Å². The van der Waals surface area contributed by atoms with Crippen LogP contribution < -0.4 is 0 Å². The van der Waals surface area contributed by atoms with Gasteiger partial charge < -0.3 is 15.3 Å². The fourth-order valence-electron chi connectivity index (χ4n) is 1.65. The van der Waals surface area contributed by atoms with Gasteiger partial charge in [0.2, 0.25) is 0 Å². The summed E-state index contributed by atoms with van der Waals surface area (Å²) < 4.78 is 0. The molecular formula is C14H12O3. The highest BCUT2D eigenvalue weighted by Crippen LogP contribution is 2.32. The molecule has 0 heterocycles. The first-order valence-corrected chi connectivity index (χ1v) is 5.08. The number of hydrogen-bond acceptors (Lipinski definition) is 3. The minimum atomic E-state index is -0.0448. The zero-order chi connectivity index (χ0) is 12.4. The van der Waals surface area contributed by atoms with Crippen molar-refractivity contribution in [1.29, 1.82) is 0 Å². The van der Waals surface area contributed by atoms with Crippen molar-refractivity contribution in [2.45, 2.75) is 0 Å². The van der Waals surface area contributed by atoms with Crippen LogP contribution in [-0.4, -0.2) is 15.3 Å². The van der Waals surface area contributed by atoms with Crippen LogP contribution in [0.4, 0.5) is 0 Å². The Morgan fingerprint density at radius 1 is 0.882 bits per heavy atom. The van der Waals surface area contributed by atoms with Gasteiger partial charge in [-0.1, -0.05) is 24.8 Å². The van der Waals surface area contributed by atoms with Crippen LogP contribution in [0.15, 0.2) is 49.0 Å². The number of phenolic OH excluding ortho intramolecular Hbond substituents is 3. The third-order valence-electron chi connectivity index (χ3n) is 2.48. The molecule has 0 saturated carbocycles. The Morgan fingerprint density at radius 3 is 2.06 bits per heavy atom. The fourth-order valence-corrected chi connectivity index (χ4v) is 1.65. The smallest absolute Gasteiger partial charge is 0.123 e. The van der Waals surface area contributed by atoms with Gasteiger partial charge in [0.25, 0.3) is 0 Å². The number of phenols is 3. The molecule has 0 fully saturated rings. The first-order valence-electron chi connectivity index (χ1n) is 5.08. The molecule has 0 aliphatic rings. The molecular weight excluding hydrogens is 216 g/mol. The summed E-state index contributed by atoms with van der Waals surface area (Å²) in [7, 11) is 0. The van der Waals surface area contributed by atoms with Crippen LogP contribution in [0.1, 0.15) is 11.1 Å². The zero-order valence-corrected chi connectivity index (χ0v) is 9.09. The SMILES string of the molecule is C=C(c1cc(O)cc(O)c1)c1ccccc1O. The maximum absolute atomic E-state index is 9.70. The molecule has 0 radical (unpaired) electrons. The van der Waals surface area contributed by atoms with E-state index in [2.05, 4.69) is 6.58 Å². The molecule has 3 N–H and O–H groups in total. The molecule has 3 heteroatoms. The van der Waals surface area contributed by atoms with Gasteiger partial charge in [-0.25, -0.2) is 0 Å². The molecule has 0 spiro atoms. The number of aromatic hydroxyl groups is 3. The maximum Gasteiger partial charge on any atom is 0.123 e. The summed E-state index contributed by atoms with van der Waals surface area (Å²) in [5, 5.41) is 28.5. The third kappa shape index (κ3) is 2.23. The van der Waals surface area contributed by atoms with Crippen molar-refractivity contribution in [2.24, 2.45) is 0 Å². The lowest BCUT2D eigenvalue weighted by atomic mass is 9.98. The Kier molecular flexibility index (Phi) is 2.75. The normalized spacial score (nSPS) is 10.1. The van der Waals surface area contributed by atoms with Crippen LogP contribution in [0.2, 0.25) is 0 Å². The van der Waals surface area contributed by atoms with Crippen LogP contribution in [0.3, 0.4) is 0 Å². The predicted octanol–water partition coefficient (Wildman–Crippen LogP) is 2.86. The van der Waals surface area contributed by atoms with E-state index in [1.54, 1.807) is 24.3 Å². The average molecular weight is 228 g/mol. The summed E-state index contributed by atoms with van der Waals surface area (Å²) in [6, 6.07) is 11.0. The van der Waals surface area contributed by atoms with Crippen molar-refractivity contribution in [3.8, 4) is 17.2 Å². The maximum atomic E-state index is 9.70. The van der Waals surface area contributed by atoms with Crippen LogP contribution in [0, 0.1) is 0 Å². The third-order valence-corrected chi connectivity index (χ3v) is 2.48. The van der Waals surface area contributed by atoms with Gasteiger partial charge in [0.1, 0.15) is 17.2 Å². The monoisotopic (exact) mass is 228 g/mol. The fraction of sp³-hybridized carbons (Fsp3) is 0. The summed E-state index contributed by atoms with van der Waals surface area (Å²) in [6.07, 6.45) is 0. The highest BCUT2D eigenvalue weighted by atomic mass is 16.3. The molecule has 0 atom stereocenters. The van der Waals surface area contributed by atoms with Gasteiger partial charge >= 0.3 is 0 Å². The van der Waals surface area contributed by atoms with Crippen LogP contribution in [0.5, 0.6) is 17.2 Å². The number of hydrogen-bond donors (Lipinski definition) is 3. The van der Waals surface area contributed by atoms with Gasteiger partial charge in [-0.05, 0) is 29.3 Å². The molecule has 3 nitrogen and oxygen atoms in total. The van der Waals surface area contributed by atoms with Gasteiger partial charge in [-0.3, -0.25) is 0 Å². The van der Waals surface area contributed by atoms with E-state index >= 15 is 0 Å². The predicted molar refractivity (Wildman–Crippen MR) is 66.0 cm³/mol. The lowest BCUT2D eigenvalue weighted by molar-refractivity contribution is 0.450. The first-order chi connectivity index (χ1) is 8.08. The lowest BCUT2D eigenvalue weighted by Crippen LogP contribution is -1.87. The second kappa shape index (κ2) is 4.22. The van der Waals surface area contributed by atoms with Crippen molar-refractivity contribution in [3.63, 3.8) is 0 Å². The Morgan fingerprint density at radius 2 is 1.47 bits per heavy atom. The topological polar surface area (TPSA) is 60.7 Å². The van der Waals surface area contributed by atoms with Gasteiger partial charge in [0.05, 0.1) is 0 Å². The van der Waals surface area contributed by atoms with Crippen LogP contribution in [-0.2, 0) is 0 Å². The molecule has 0 aliphatic carbocycles. The highest BCUT2D eigenvalue weighted by Gasteiger charge is 2.08. The summed E-state index contributed by atoms with van der Waals surface area (Å²) in [5.74, 6) is 0.0217. The molecule has 2 rings (SSSR count). The molecule has 2 aromatic carbocycles. The second-order valence-corrected chi connectivity index (χ2v) is 3.73. The Balaban J connectivity index is 2.48. The van der Waals surface area contributed by atoms with Gasteiger partial charge in [-0.15, -0.1) is 0 Å². The van der Waals surface area contributed by atoms with Gasteiger partial charge in [0.15, 0.2) is 0 Å². The largest absolute Gasteiger partial charge is 0.508 e. The summed E-state index contributed by atoms with van der Waals surface area (Å²) in [6.45, 7) is 3.86. The molecule has 0 amide bonds. The summed E-state index contributed by atoms with van der Waals surface area (Å²) in [5.41, 5.74) is 1.66. The minimum absolute atomic E-state index is 0.0448. The van der Waals surface area contributed by atoms with E-state index in [0.29, 0.717) is 16.7 Å². The minimum Gasteiger partial charge on any atom is -0.508 e. The zero-order valence-electron chi connectivity index (χ0n) is 9.09. The van der Waals surface area contributed by atoms with E-state index in [-0.39, 0.29) is 17.2 Å². The van der Waals surface area contributed by atoms with E-state index in [1.165, 1.54) is 18.2 Å². The van der Waals surface area contributed by atoms with Crippen LogP contribution in [0.25, 0.3) is 5.57 Å². The molecule has 0 aliphatic heterocycles. The molecule has 0 bridgehead atoms. The Labute approximate surface area is 98.9 Å². The van der Waals surface area contributed by atoms with E-state index < -0.39 is 0 Å². The second-order valence-electron chi connectivity index (χ2n) is 3.73. The van der Waals surface area contributed by atoms with E-state index in [9.17, 15) is 15.3 Å². The standard InChI is InChI=1S/C14H12O3/c1-9(13-4-2-3-5-14(13)17)10-6-11(15)8-12(16)7-10/h2-8,15-17H,1H2. The van der Waals surface area contributed by atoms with Gasteiger partial charge in [-0.2, -0.15) is 0 Å². The quantitative estimate of drug-likeness (QED) is 0.740. The average Bonchev–Trinajstić information content (AvgIpc) is 2.27. The van der Waals surface area contributed by atoms with Crippen molar-refractivity contribution < 1.29 is 15.3 Å².